The fraction of sp³-hybridized carbons (Fsp3) is 0.267. The maximum atomic E-state index is 13.3. The number of amides is 4. The van der Waals surface area contributed by atoms with Crippen LogP contribution in [-0.2, 0) is 9.59 Å². The van der Waals surface area contributed by atoms with E-state index in [1.54, 1.807) is 41.3 Å². The van der Waals surface area contributed by atoms with E-state index in [4.69, 9.17) is 10.5 Å². The number of aromatic nitrogens is 2. The van der Waals surface area contributed by atoms with Gasteiger partial charge < -0.3 is 30.7 Å². The Hall–Kier alpha value is -5.46. The largest absolute Gasteiger partial charge is 0.507 e. The van der Waals surface area contributed by atoms with Gasteiger partial charge in [0.25, 0.3) is 17.7 Å². The number of piperazine rings is 1. The number of hydrogen-bond donors (Lipinski definition) is 3. The number of phenols is 1. The zero-order valence-corrected chi connectivity index (χ0v) is 23.2. The standard InChI is InChI=1S/C30H29N7O6/c1-17-9-10-21(28(40)32-17)37-29(41)19-6-4-8-24(26(19)30(37)42)43-16-25(39)36-13-11-35(12-14-36)22-15-20(33-34-27(22)31)18-5-2-3-7-23(18)38/h2-8,15,21,38H,1,9-14,16H2,(H2,31,34)(H,32,40). The summed E-state index contributed by atoms with van der Waals surface area (Å²) in [6.07, 6.45) is 0.741. The summed E-state index contributed by atoms with van der Waals surface area (Å²) in [5.41, 5.74) is 8.50. The molecule has 0 spiro atoms. The minimum atomic E-state index is -0.942. The highest BCUT2D eigenvalue weighted by Crippen LogP contribution is 2.35. The fourth-order valence-electron chi connectivity index (χ4n) is 5.58. The van der Waals surface area contributed by atoms with Crippen LogP contribution in [0.25, 0.3) is 11.3 Å². The van der Waals surface area contributed by atoms with Crippen molar-refractivity contribution in [1.82, 2.24) is 25.3 Å². The van der Waals surface area contributed by atoms with E-state index in [0.29, 0.717) is 55.2 Å². The molecule has 4 amide bonds. The van der Waals surface area contributed by atoms with Crippen LogP contribution < -0.4 is 20.7 Å². The maximum absolute atomic E-state index is 13.3. The lowest BCUT2D eigenvalue weighted by molar-refractivity contribution is -0.133. The van der Waals surface area contributed by atoms with Gasteiger partial charge in [-0.05, 0) is 43.2 Å². The second kappa shape index (κ2) is 11.1. The van der Waals surface area contributed by atoms with Gasteiger partial charge in [0.05, 0.1) is 22.5 Å². The molecular weight excluding hydrogens is 554 g/mol. The van der Waals surface area contributed by atoms with E-state index in [2.05, 4.69) is 22.1 Å². The number of carbonyl (C=O) groups excluding carboxylic acids is 4. The van der Waals surface area contributed by atoms with Crippen LogP contribution in [0.2, 0.25) is 0 Å². The normalized spacial score (nSPS) is 18.5. The van der Waals surface area contributed by atoms with Gasteiger partial charge in [-0.2, -0.15) is 0 Å². The third-order valence-electron chi connectivity index (χ3n) is 7.85. The van der Waals surface area contributed by atoms with E-state index in [1.165, 1.54) is 12.1 Å². The second-order valence-electron chi connectivity index (χ2n) is 10.5. The average molecular weight is 584 g/mol. The molecule has 0 aliphatic carbocycles. The third kappa shape index (κ3) is 5.09. The molecule has 1 aromatic heterocycles. The summed E-state index contributed by atoms with van der Waals surface area (Å²) in [6.45, 7) is 5.12. The van der Waals surface area contributed by atoms with Crippen molar-refractivity contribution < 1.29 is 29.0 Å². The van der Waals surface area contributed by atoms with Gasteiger partial charge in [-0.3, -0.25) is 24.1 Å². The SMILES string of the molecule is C=C1CCC(N2C(=O)c3cccc(OCC(=O)N4CCN(c5cc(-c6ccccc6O)nnc5N)CC4)c3C2=O)C(=O)N1. The first-order chi connectivity index (χ1) is 20.7. The molecule has 3 aliphatic heterocycles. The molecule has 43 heavy (non-hydrogen) atoms. The Labute approximate surface area is 246 Å². The number of anilines is 2. The van der Waals surface area contributed by atoms with E-state index in [-0.39, 0.29) is 47.4 Å². The summed E-state index contributed by atoms with van der Waals surface area (Å²) >= 11 is 0. The van der Waals surface area contributed by atoms with E-state index in [1.807, 2.05) is 4.90 Å². The van der Waals surface area contributed by atoms with Crippen LogP contribution in [0.5, 0.6) is 11.5 Å². The summed E-state index contributed by atoms with van der Waals surface area (Å²) < 4.78 is 5.79. The molecule has 6 rings (SSSR count). The highest BCUT2D eigenvalue weighted by molar-refractivity contribution is 6.24. The topological polar surface area (TPSA) is 171 Å². The number of carbonyl (C=O) groups is 4. The Balaban J connectivity index is 1.10. The quantitative estimate of drug-likeness (QED) is 0.362. The lowest BCUT2D eigenvalue weighted by atomic mass is 10.0. The summed E-state index contributed by atoms with van der Waals surface area (Å²) in [6, 6.07) is 12.3. The first-order valence-electron chi connectivity index (χ1n) is 13.8. The molecule has 0 bridgehead atoms. The van der Waals surface area contributed by atoms with Crippen molar-refractivity contribution in [2.45, 2.75) is 18.9 Å². The number of imide groups is 1. The van der Waals surface area contributed by atoms with Gasteiger partial charge in [-0.25, -0.2) is 0 Å². The van der Waals surface area contributed by atoms with Gasteiger partial charge in [0, 0.05) is 37.4 Å². The van der Waals surface area contributed by atoms with Crippen LogP contribution in [0.4, 0.5) is 11.5 Å². The number of para-hydroxylation sites is 1. The Morgan fingerprint density at radius 3 is 2.51 bits per heavy atom. The van der Waals surface area contributed by atoms with Crippen molar-refractivity contribution in [3.05, 3.63) is 71.9 Å². The summed E-state index contributed by atoms with van der Waals surface area (Å²) in [5, 5.41) is 21.0. The fourth-order valence-corrected chi connectivity index (χ4v) is 5.58. The van der Waals surface area contributed by atoms with Gasteiger partial charge >= 0.3 is 0 Å². The monoisotopic (exact) mass is 583 g/mol. The van der Waals surface area contributed by atoms with Gasteiger partial charge in [-0.15, -0.1) is 10.2 Å². The third-order valence-corrected chi connectivity index (χ3v) is 7.85. The number of fused-ring (bicyclic) bond motifs is 1. The zero-order valence-electron chi connectivity index (χ0n) is 23.2. The molecule has 13 nitrogen and oxygen atoms in total. The van der Waals surface area contributed by atoms with Crippen LogP contribution >= 0.6 is 0 Å². The number of nitrogens with zero attached hydrogens (tertiary/aromatic N) is 5. The molecule has 2 saturated heterocycles. The minimum absolute atomic E-state index is 0.0447. The van der Waals surface area contributed by atoms with E-state index < -0.39 is 23.8 Å². The molecule has 13 heteroatoms. The number of allylic oxidation sites excluding steroid dienone is 1. The summed E-state index contributed by atoms with van der Waals surface area (Å²) in [4.78, 5) is 56.6. The highest BCUT2D eigenvalue weighted by atomic mass is 16.5. The van der Waals surface area contributed by atoms with Crippen LogP contribution in [0.15, 0.2) is 60.8 Å². The van der Waals surface area contributed by atoms with Gasteiger partial charge in [0.1, 0.15) is 17.5 Å². The van der Waals surface area contributed by atoms with Crippen molar-refractivity contribution >= 4 is 35.1 Å². The molecular formula is C30H29N7O6. The summed E-state index contributed by atoms with van der Waals surface area (Å²) in [5.74, 6) is -1.51. The Bertz CT molecular complexity index is 1670. The second-order valence-corrected chi connectivity index (χ2v) is 10.5. The molecule has 1 atom stereocenters. The van der Waals surface area contributed by atoms with E-state index in [9.17, 15) is 24.3 Å². The first kappa shape index (κ1) is 27.7. The number of phenolic OH excluding ortho intramolecular Hbond substituents is 1. The number of aromatic hydroxyl groups is 1. The average Bonchev–Trinajstić information content (AvgIpc) is 3.26. The number of nitrogen functional groups attached to an aromatic ring is 1. The predicted octanol–water partition coefficient (Wildman–Crippen LogP) is 1.55. The number of piperidine rings is 1. The summed E-state index contributed by atoms with van der Waals surface area (Å²) in [7, 11) is 0. The number of rotatable bonds is 6. The number of nitrogens with one attached hydrogen (secondary N) is 1. The molecule has 0 radical (unpaired) electrons. The Kier molecular flexibility index (Phi) is 7.14. The molecule has 4 heterocycles. The minimum Gasteiger partial charge on any atom is -0.507 e. The molecule has 3 aromatic rings. The lowest BCUT2D eigenvalue weighted by Crippen LogP contribution is -2.51. The van der Waals surface area contributed by atoms with Crippen molar-refractivity contribution in [2.75, 3.05) is 43.4 Å². The van der Waals surface area contributed by atoms with Crippen LogP contribution in [0.3, 0.4) is 0 Å². The highest BCUT2D eigenvalue weighted by Gasteiger charge is 2.45. The Morgan fingerprint density at radius 1 is 1.02 bits per heavy atom. The van der Waals surface area contributed by atoms with E-state index >= 15 is 0 Å². The molecule has 3 aliphatic rings. The van der Waals surface area contributed by atoms with Crippen LogP contribution in [0, 0.1) is 0 Å². The molecule has 4 N–H and O–H groups in total. The molecule has 2 fully saturated rings. The van der Waals surface area contributed by atoms with Crippen molar-refractivity contribution in [1.29, 1.82) is 0 Å². The van der Waals surface area contributed by atoms with Gasteiger partial charge in [0.2, 0.25) is 5.91 Å². The molecule has 2 aromatic carbocycles. The Morgan fingerprint density at radius 2 is 1.77 bits per heavy atom. The number of ether oxygens (including phenoxy) is 1. The van der Waals surface area contributed by atoms with Crippen molar-refractivity contribution in [3.63, 3.8) is 0 Å². The molecule has 0 saturated carbocycles. The number of hydrogen-bond acceptors (Lipinski definition) is 10. The van der Waals surface area contributed by atoms with Gasteiger partial charge in [0.15, 0.2) is 12.4 Å². The number of benzene rings is 2. The van der Waals surface area contributed by atoms with Gasteiger partial charge in [-0.1, -0.05) is 24.8 Å². The smallest absolute Gasteiger partial charge is 0.266 e. The lowest BCUT2D eigenvalue weighted by Gasteiger charge is -2.36. The van der Waals surface area contributed by atoms with Crippen LogP contribution in [-0.4, -0.2) is 87.6 Å². The maximum Gasteiger partial charge on any atom is 0.266 e. The van der Waals surface area contributed by atoms with Crippen molar-refractivity contribution in [2.24, 2.45) is 0 Å². The van der Waals surface area contributed by atoms with Crippen molar-refractivity contribution in [3.8, 4) is 22.8 Å². The van der Waals surface area contributed by atoms with E-state index in [0.717, 1.165) is 4.90 Å². The molecule has 1 unspecified atom stereocenters. The predicted molar refractivity (Wildman–Crippen MR) is 155 cm³/mol. The zero-order chi connectivity index (χ0) is 30.2. The number of nitrogens with two attached hydrogens (primary N) is 1. The molecule has 220 valence electrons. The van der Waals surface area contributed by atoms with Crippen LogP contribution in [0.1, 0.15) is 33.6 Å². The first-order valence-corrected chi connectivity index (χ1v) is 13.8.